The molecule has 0 aliphatic carbocycles. The molecule has 0 fully saturated rings. The fraction of sp³-hybridized carbons (Fsp3) is 0.118. The van der Waals surface area contributed by atoms with Crippen molar-refractivity contribution in [3.63, 3.8) is 0 Å². The minimum Gasteiger partial charge on any atom is -0.497 e. The number of hydrogen-bond donors (Lipinski definition) is 2. The monoisotopic (exact) mass is 360 g/mol. The van der Waals surface area contributed by atoms with Crippen LogP contribution in [0.3, 0.4) is 0 Å². The maximum Gasteiger partial charge on any atom is 0.319 e. The average Bonchev–Trinajstić information content (AvgIpc) is 2.55. The van der Waals surface area contributed by atoms with Crippen molar-refractivity contribution >= 4 is 28.0 Å². The highest BCUT2D eigenvalue weighted by atomic mass is 79.9. The van der Waals surface area contributed by atoms with Crippen molar-refractivity contribution in [2.24, 2.45) is 0 Å². The van der Waals surface area contributed by atoms with Gasteiger partial charge in [-0.3, -0.25) is 0 Å². The van der Waals surface area contributed by atoms with Crippen LogP contribution >= 0.6 is 15.9 Å². The number of hydrogen-bond acceptors (Lipinski definition) is 2. The summed E-state index contributed by atoms with van der Waals surface area (Å²) in [6, 6.07) is 15.1. The summed E-state index contributed by atoms with van der Waals surface area (Å²) >= 11 is 3.37. The standard InChI is InChI=1S/C17H17BrN2O2/c1-22-16-8-4-13(5-9-16)10-11-19-17(21)20-12-14-2-6-15(18)7-3-14/h2-11H,12H2,1H3,(H2,19,20,21)/b11-10+. The number of halogens is 1. The van der Waals surface area contributed by atoms with Gasteiger partial charge in [-0.15, -0.1) is 0 Å². The Hall–Kier alpha value is -2.27. The van der Waals surface area contributed by atoms with Crippen LogP contribution in [0.15, 0.2) is 59.2 Å². The second-order valence-electron chi connectivity index (χ2n) is 4.56. The molecule has 2 aromatic carbocycles. The van der Waals surface area contributed by atoms with Crippen LogP contribution in [0.25, 0.3) is 6.08 Å². The molecule has 22 heavy (non-hydrogen) atoms. The van der Waals surface area contributed by atoms with Gasteiger partial charge in [0.15, 0.2) is 0 Å². The SMILES string of the molecule is COc1ccc(/C=C/NC(=O)NCc2ccc(Br)cc2)cc1. The molecule has 4 nitrogen and oxygen atoms in total. The molecular weight excluding hydrogens is 344 g/mol. The molecule has 2 amide bonds. The Morgan fingerprint density at radius 3 is 2.45 bits per heavy atom. The number of nitrogens with one attached hydrogen (secondary N) is 2. The van der Waals surface area contributed by atoms with Gasteiger partial charge in [0.1, 0.15) is 5.75 Å². The molecule has 0 heterocycles. The van der Waals surface area contributed by atoms with E-state index in [1.165, 1.54) is 0 Å². The predicted molar refractivity (Wildman–Crippen MR) is 91.5 cm³/mol. The van der Waals surface area contributed by atoms with Crippen LogP contribution < -0.4 is 15.4 Å². The maximum absolute atomic E-state index is 11.7. The van der Waals surface area contributed by atoms with Crippen molar-refractivity contribution in [1.29, 1.82) is 0 Å². The van der Waals surface area contributed by atoms with Crippen LogP contribution in [0.2, 0.25) is 0 Å². The highest BCUT2D eigenvalue weighted by Gasteiger charge is 1.98. The van der Waals surface area contributed by atoms with Crippen LogP contribution in [0.1, 0.15) is 11.1 Å². The van der Waals surface area contributed by atoms with Crippen molar-refractivity contribution in [2.75, 3.05) is 7.11 Å². The van der Waals surface area contributed by atoms with E-state index >= 15 is 0 Å². The zero-order valence-corrected chi connectivity index (χ0v) is 13.8. The van der Waals surface area contributed by atoms with Crippen molar-refractivity contribution in [3.05, 3.63) is 70.3 Å². The molecule has 0 radical (unpaired) electrons. The lowest BCUT2D eigenvalue weighted by atomic mass is 10.2. The van der Waals surface area contributed by atoms with E-state index in [2.05, 4.69) is 26.6 Å². The summed E-state index contributed by atoms with van der Waals surface area (Å²) < 4.78 is 6.10. The highest BCUT2D eigenvalue weighted by Crippen LogP contribution is 2.12. The highest BCUT2D eigenvalue weighted by molar-refractivity contribution is 9.10. The van der Waals surface area contributed by atoms with E-state index in [1.54, 1.807) is 13.3 Å². The number of ether oxygens (including phenoxy) is 1. The topological polar surface area (TPSA) is 50.4 Å². The summed E-state index contributed by atoms with van der Waals surface area (Å²) in [5.41, 5.74) is 2.02. The van der Waals surface area contributed by atoms with Crippen LogP contribution in [-0.4, -0.2) is 13.1 Å². The minimum atomic E-state index is -0.243. The van der Waals surface area contributed by atoms with E-state index in [4.69, 9.17) is 4.74 Å². The van der Waals surface area contributed by atoms with E-state index in [1.807, 2.05) is 54.6 Å². The summed E-state index contributed by atoms with van der Waals surface area (Å²) in [4.78, 5) is 11.7. The quantitative estimate of drug-likeness (QED) is 0.848. The third-order valence-corrected chi connectivity index (χ3v) is 3.50. The molecule has 0 saturated carbocycles. The number of carbonyl (C=O) groups is 1. The second kappa shape index (κ2) is 8.24. The summed E-state index contributed by atoms with van der Waals surface area (Å²) in [6.45, 7) is 0.482. The smallest absolute Gasteiger partial charge is 0.319 e. The third-order valence-electron chi connectivity index (χ3n) is 2.97. The average molecular weight is 361 g/mol. The summed E-state index contributed by atoms with van der Waals surface area (Å²) in [5.74, 6) is 0.803. The molecule has 0 unspecified atom stereocenters. The normalized spacial score (nSPS) is 10.5. The van der Waals surface area contributed by atoms with E-state index in [0.29, 0.717) is 6.54 Å². The molecule has 114 valence electrons. The number of benzene rings is 2. The van der Waals surface area contributed by atoms with Crippen molar-refractivity contribution in [2.45, 2.75) is 6.54 Å². The molecule has 0 spiro atoms. The van der Waals surface area contributed by atoms with Crippen molar-refractivity contribution in [3.8, 4) is 5.75 Å². The lowest BCUT2D eigenvalue weighted by Gasteiger charge is -2.05. The van der Waals surface area contributed by atoms with Gasteiger partial charge in [0.25, 0.3) is 0 Å². The van der Waals surface area contributed by atoms with Gasteiger partial charge >= 0.3 is 6.03 Å². The molecule has 0 aliphatic rings. The van der Waals surface area contributed by atoms with Crippen LogP contribution in [0, 0.1) is 0 Å². The molecule has 0 aliphatic heterocycles. The largest absolute Gasteiger partial charge is 0.497 e. The van der Waals surface area contributed by atoms with Crippen LogP contribution in [0.4, 0.5) is 4.79 Å². The van der Waals surface area contributed by atoms with Gasteiger partial charge in [0.2, 0.25) is 0 Å². The van der Waals surface area contributed by atoms with Gasteiger partial charge in [-0.05, 0) is 41.5 Å². The molecule has 2 rings (SSSR count). The molecule has 5 heteroatoms. The summed E-state index contributed by atoms with van der Waals surface area (Å²) in [5, 5.41) is 5.46. The Labute approximate surface area is 138 Å². The molecule has 0 atom stereocenters. The Bertz CT molecular complexity index is 637. The molecule has 2 N–H and O–H groups in total. The first kappa shape index (κ1) is 16.1. The fourth-order valence-corrected chi connectivity index (χ4v) is 2.03. The lowest BCUT2D eigenvalue weighted by molar-refractivity contribution is 0.244. The third kappa shape index (κ3) is 5.26. The van der Waals surface area contributed by atoms with Gasteiger partial charge in [-0.1, -0.05) is 40.2 Å². The van der Waals surface area contributed by atoms with Gasteiger partial charge in [-0.2, -0.15) is 0 Å². The van der Waals surface area contributed by atoms with Gasteiger partial charge in [0.05, 0.1) is 7.11 Å². The summed E-state index contributed by atoms with van der Waals surface area (Å²) in [6.07, 6.45) is 3.43. The number of methoxy groups -OCH3 is 1. The molecule has 0 saturated heterocycles. The van der Waals surface area contributed by atoms with Crippen LogP contribution in [-0.2, 0) is 6.54 Å². The maximum atomic E-state index is 11.7. The number of rotatable bonds is 5. The van der Waals surface area contributed by atoms with Gasteiger partial charge < -0.3 is 15.4 Å². The second-order valence-corrected chi connectivity index (χ2v) is 5.48. The molecule has 2 aromatic rings. The Morgan fingerprint density at radius 2 is 1.82 bits per heavy atom. The zero-order valence-electron chi connectivity index (χ0n) is 12.2. The molecule has 0 aromatic heterocycles. The predicted octanol–water partition coefficient (Wildman–Crippen LogP) is 3.93. The first-order chi connectivity index (χ1) is 10.7. The minimum absolute atomic E-state index is 0.243. The Kier molecular flexibility index (Phi) is 6.03. The number of carbonyl (C=O) groups excluding carboxylic acids is 1. The lowest BCUT2D eigenvalue weighted by Crippen LogP contribution is -2.31. The van der Waals surface area contributed by atoms with E-state index in [9.17, 15) is 4.79 Å². The number of amides is 2. The Morgan fingerprint density at radius 1 is 1.14 bits per heavy atom. The first-order valence-electron chi connectivity index (χ1n) is 6.77. The molecule has 0 bridgehead atoms. The van der Waals surface area contributed by atoms with Gasteiger partial charge in [-0.25, -0.2) is 4.79 Å². The Balaban J connectivity index is 1.76. The fourth-order valence-electron chi connectivity index (χ4n) is 1.76. The van der Waals surface area contributed by atoms with Crippen molar-refractivity contribution < 1.29 is 9.53 Å². The number of urea groups is 1. The van der Waals surface area contributed by atoms with E-state index in [-0.39, 0.29) is 6.03 Å². The van der Waals surface area contributed by atoms with Gasteiger partial charge in [0, 0.05) is 17.2 Å². The first-order valence-corrected chi connectivity index (χ1v) is 7.56. The van der Waals surface area contributed by atoms with E-state index in [0.717, 1.165) is 21.3 Å². The van der Waals surface area contributed by atoms with Crippen LogP contribution in [0.5, 0.6) is 5.75 Å². The zero-order chi connectivity index (χ0) is 15.8. The van der Waals surface area contributed by atoms with Crippen molar-refractivity contribution in [1.82, 2.24) is 10.6 Å². The molecular formula is C17H17BrN2O2. The van der Waals surface area contributed by atoms with E-state index < -0.39 is 0 Å². The summed E-state index contributed by atoms with van der Waals surface area (Å²) in [7, 11) is 1.63.